The summed E-state index contributed by atoms with van der Waals surface area (Å²) in [5, 5.41) is 0. The molecule has 0 unspecified atom stereocenters. The van der Waals surface area contributed by atoms with Crippen molar-refractivity contribution in [2.45, 2.75) is 78.1 Å². The number of aryl methyl sites for hydroxylation is 1. The first-order valence-corrected chi connectivity index (χ1v) is 8.95. The number of hydrogen-bond donors (Lipinski definition) is 0. The predicted octanol–water partition coefficient (Wildman–Crippen LogP) is 5.60. The largest absolute Gasteiger partial charge is 0.389 e. The van der Waals surface area contributed by atoms with Gasteiger partial charge in [-0.1, -0.05) is 76.0 Å². The number of esters is 2. The van der Waals surface area contributed by atoms with Gasteiger partial charge in [-0.3, -0.25) is 4.79 Å². The molecule has 0 atom stereocenters. The van der Waals surface area contributed by atoms with Crippen LogP contribution in [0.1, 0.15) is 87.1 Å². The average molecular weight is 318 g/mol. The molecule has 0 aliphatic carbocycles. The summed E-state index contributed by atoms with van der Waals surface area (Å²) in [6, 6.07) is 7.04. The Balaban J connectivity index is 2.06. The van der Waals surface area contributed by atoms with E-state index < -0.39 is 11.9 Å². The van der Waals surface area contributed by atoms with Crippen molar-refractivity contribution in [3.8, 4) is 0 Å². The second kappa shape index (κ2) is 11.9. The van der Waals surface area contributed by atoms with Gasteiger partial charge < -0.3 is 4.74 Å². The molecule has 0 saturated carbocycles. The van der Waals surface area contributed by atoms with Crippen LogP contribution >= 0.6 is 0 Å². The summed E-state index contributed by atoms with van der Waals surface area (Å²) in [7, 11) is 0. The first-order chi connectivity index (χ1) is 11.1. The minimum atomic E-state index is -0.550. The Morgan fingerprint density at radius 1 is 0.826 bits per heavy atom. The lowest BCUT2D eigenvalue weighted by Gasteiger charge is -2.04. The first-order valence-electron chi connectivity index (χ1n) is 8.95. The summed E-state index contributed by atoms with van der Waals surface area (Å²) in [5.41, 5.74) is 1.50. The number of benzene rings is 1. The summed E-state index contributed by atoms with van der Waals surface area (Å²) in [4.78, 5) is 23.4. The van der Waals surface area contributed by atoms with Crippen LogP contribution < -0.4 is 0 Å². The van der Waals surface area contributed by atoms with E-state index in [9.17, 15) is 9.59 Å². The molecule has 1 aromatic carbocycles. The number of hydrogen-bond acceptors (Lipinski definition) is 3. The monoisotopic (exact) mass is 318 g/mol. The minimum Gasteiger partial charge on any atom is -0.389 e. The first kappa shape index (κ1) is 19.4. The summed E-state index contributed by atoms with van der Waals surface area (Å²) in [6.45, 7) is 4.17. The van der Waals surface area contributed by atoms with Crippen LogP contribution in [0.15, 0.2) is 24.3 Å². The van der Waals surface area contributed by atoms with Gasteiger partial charge in [0.1, 0.15) is 0 Å². The highest BCUT2D eigenvalue weighted by atomic mass is 16.6. The Hall–Kier alpha value is -1.64. The van der Waals surface area contributed by atoms with Crippen LogP contribution in [0.3, 0.4) is 0 Å². The van der Waals surface area contributed by atoms with E-state index in [1.807, 2.05) is 19.1 Å². The molecular weight excluding hydrogens is 288 g/mol. The molecule has 1 rings (SSSR count). The van der Waals surface area contributed by atoms with Gasteiger partial charge >= 0.3 is 11.9 Å². The van der Waals surface area contributed by atoms with Crippen molar-refractivity contribution in [1.82, 2.24) is 0 Å². The molecule has 3 nitrogen and oxygen atoms in total. The van der Waals surface area contributed by atoms with Gasteiger partial charge in [0.05, 0.1) is 5.56 Å². The number of ether oxygens (including phenoxy) is 1. The fraction of sp³-hybridized carbons (Fsp3) is 0.600. The van der Waals surface area contributed by atoms with E-state index in [4.69, 9.17) is 4.74 Å². The van der Waals surface area contributed by atoms with Crippen molar-refractivity contribution < 1.29 is 14.3 Å². The van der Waals surface area contributed by atoms with Crippen LogP contribution in [-0.2, 0) is 9.53 Å². The summed E-state index contributed by atoms with van der Waals surface area (Å²) in [5.74, 6) is -0.968. The van der Waals surface area contributed by atoms with Gasteiger partial charge in [0.15, 0.2) is 0 Å². The topological polar surface area (TPSA) is 43.4 Å². The maximum Gasteiger partial charge on any atom is 0.345 e. The van der Waals surface area contributed by atoms with Crippen LogP contribution in [0.5, 0.6) is 0 Å². The van der Waals surface area contributed by atoms with Crippen LogP contribution in [-0.4, -0.2) is 11.9 Å². The average Bonchev–Trinajstić information content (AvgIpc) is 2.54. The van der Waals surface area contributed by atoms with E-state index >= 15 is 0 Å². The SMILES string of the molecule is CCCCCCCCCCCC(=O)OC(=O)c1ccc(C)cc1. The van der Waals surface area contributed by atoms with Gasteiger partial charge in [-0.15, -0.1) is 0 Å². The molecule has 0 heterocycles. The molecule has 0 fully saturated rings. The number of carbonyl (C=O) groups is 2. The molecular formula is C20H30O3. The number of unbranched alkanes of at least 4 members (excludes halogenated alkanes) is 8. The minimum absolute atomic E-state index is 0.327. The van der Waals surface area contributed by atoms with Crippen LogP contribution in [0, 0.1) is 6.92 Å². The Morgan fingerprint density at radius 3 is 1.91 bits per heavy atom. The van der Waals surface area contributed by atoms with Crippen molar-refractivity contribution in [1.29, 1.82) is 0 Å². The highest BCUT2D eigenvalue weighted by molar-refractivity contribution is 5.96. The van der Waals surface area contributed by atoms with Crippen LogP contribution in [0.4, 0.5) is 0 Å². The molecule has 0 bridgehead atoms. The third-order valence-electron chi connectivity index (χ3n) is 3.98. The third-order valence-corrected chi connectivity index (χ3v) is 3.98. The second-order valence-corrected chi connectivity index (χ2v) is 6.21. The quantitative estimate of drug-likeness (QED) is 0.303. The summed E-state index contributed by atoms with van der Waals surface area (Å²) >= 11 is 0. The van der Waals surface area contributed by atoms with Gasteiger partial charge in [-0.2, -0.15) is 0 Å². The molecule has 0 saturated heterocycles. The lowest BCUT2D eigenvalue weighted by atomic mass is 10.1. The van der Waals surface area contributed by atoms with Crippen molar-refractivity contribution in [2.24, 2.45) is 0 Å². The van der Waals surface area contributed by atoms with E-state index in [-0.39, 0.29) is 0 Å². The number of carbonyl (C=O) groups excluding carboxylic acids is 2. The van der Waals surface area contributed by atoms with Gasteiger partial charge in [0, 0.05) is 6.42 Å². The lowest BCUT2D eigenvalue weighted by molar-refractivity contribution is -0.138. The smallest absolute Gasteiger partial charge is 0.345 e. The van der Waals surface area contributed by atoms with Crippen LogP contribution in [0.25, 0.3) is 0 Å². The molecule has 0 radical (unpaired) electrons. The van der Waals surface area contributed by atoms with Gasteiger partial charge in [-0.25, -0.2) is 4.79 Å². The van der Waals surface area contributed by atoms with E-state index in [1.165, 1.54) is 38.5 Å². The molecule has 0 spiro atoms. The zero-order valence-corrected chi connectivity index (χ0v) is 14.6. The molecule has 0 N–H and O–H groups in total. The Kier molecular flexibility index (Phi) is 10.0. The van der Waals surface area contributed by atoms with Gasteiger partial charge in [0.2, 0.25) is 0 Å². The standard InChI is InChI=1S/C20H30O3/c1-3-4-5-6-7-8-9-10-11-12-19(21)23-20(22)18-15-13-17(2)14-16-18/h13-16H,3-12H2,1-2H3. The van der Waals surface area contributed by atoms with Crippen LogP contribution in [0.2, 0.25) is 0 Å². The van der Waals surface area contributed by atoms with Crippen molar-refractivity contribution in [3.05, 3.63) is 35.4 Å². The zero-order valence-electron chi connectivity index (χ0n) is 14.6. The molecule has 1 aromatic rings. The Morgan fingerprint density at radius 2 is 1.35 bits per heavy atom. The predicted molar refractivity (Wildman–Crippen MR) is 93.4 cm³/mol. The van der Waals surface area contributed by atoms with Gasteiger partial charge in [0.25, 0.3) is 0 Å². The van der Waals surface area contributed by atoms with Crippen molar-refractivity contribution in [2.75, 3.05) is 0 Å². The van der Waals surface area contributed by atoms with E-state index in [0.29, 0.717) is 12.0 Å². The Labute approximate surface area is 140 Å². The highest BCUT2D eigenvalue weighted by Gasteiger charge is 2.12. The third kappa shape index (κ3) is 9.17. The molecule has 128 valence electrons. The molecule has 0 aromatic heterocycles. The summed E-state index contributed by atoms with van der Waals surface area (Å²) < 4.78 is 4.87. The molecule has 3 heteroatoms. The number of rotatable bonds is 11. The highest BCUT2D eigenvalue weighted by Crippen LogP contribution is 2.11. The maximum absolute atomic E-state index is 11.8. The molecule has 0 aliphatic rings. The van der Waals surface area contributed by atoms with Gasteiger partial charge in [-0.05, 0) is 25.5 Å². The van der Waals surface area contributed by atoms with E-state index in [1.54, 1.807) is 12.1 Å². The van der Waals surface area contributed by atoms with Crippen molar-refractivity contribution in [3.63, 3.8) is 0 Å². The lowest BCUT2D eigenvalue weighted by Crippen LogP contribution is -2.12. The normalized spacial score (nSPS) is 10.5. The summed E-state index contributed by atoms with van der Waals surface area (Å²) in [6.07, 6.45) is 11.1. The van der Waals surface area contributed by atoms with Crippen molar-refractivity contribution >= 4 is 11.9 Å². The second-order valence-electron chi connectivity index (χ2n) is 6.21. The van der Waals surface area contributed by atoms with E-state index in [2.05, 4.69) is 6.92 Å². The Bertz CT molecular complexity index is 462. The zero-order chi connectivity index (χ0) is 16.9. The maximum atomic E-state index is 11.8. The molecule has 0 aliphatic heterocycles. The fourth-order valence-electron chi connectivity index (χ4n) is 2.48. The van der Waals surface area contributed by atoms with E-state index in [0.717, 1.165) is 24.8 Å². The fourth-order valence-corrected chi connectivity index (χ4v) is 2.48. The molecule has 23 heavy (non-hydrogen) atoms. The molecule has 0 amide bonds.